The minimum atomic E-state index is -3.55. The highest BCUT2D eigenvalue weighted by Gasteiger charge is 2.20. The van der Waals surface area contributed by atoms with Gasteiger partial charge in [0.25, 0.3) is 11.8 Å². The predicted molar refractivity (Wildman–Crippen MR) is 194 cm³/mol. The number of hydrogen-bond acceptors (Lipinski definition) is 9. The Kier molecular flexibility index (Phi) is 14.0. The lowest BCUT2D eigenvalue weighted by molar-refractivity contribution is 0.102. The molecule has 0 aliphatic carbocycles. The Morgan fingerprint density at radius 2 is 1.50 bits per heavy atom. The third-order valence-corrected chi connectivity index (χ3v) is 8.84. The Hall–Kier alpha value is -5.14. The van der Waals surface area contributed by atoms with E-state index in [4.69, 9.17) is 21.1 Å². The highest BCUT2D eigenvalue weighted by molar-refractivity contribution is 7.90. The first-order valence-electron chi connectivity index (χ1n) is 16.0. The molecule has 0 saturated carbocycles. The van der Waals surface area contributed by atoms with Crippen LogP contribution in [0.1, 0.15) is 58.4 Å². The molecule has 3 amide bonds. The second kappa shape index (κ2) is 18.6. The summed E-state index contributed by atoms with van der Waals surface area (Å²) in [6.45, 7) is 1.22. The first-order chi connectivity index (χ1) is 24.0. The standard InChI is InChI=1S/C36H40ClN5O7S/c1-48-27-14-17-31(30(21-27)35(44)42-33-18-13-26(37)23-40-33)41-34(43)29-16-15-28(50(2,46)47)22-32(29)38-19-9-4-3-5-10-20-39-36(45)49-24-25-11-7-6-8-12-25/h6-8,11-18,21-23,38H,3-5,9-10,19-20,24H2,1-2H3,(H,39,45)(H,41,43)(H,40,42,44). The molecule has 14 heteroatoms. The Balaban J connectivity index is 1.31. The number of unbranched alkanes of at least 4 members (excludes halogenated alkanes) is 4. The molecule has 12 nitrogen and oxygen atoms in total. The molecule has 4 rings (SSSR count). The van der Waals surface area contributed by atoms with Crippen molar-refractivity contribution in [3.63, 3.8) is 0 Å². The summed E-state index contributed by atoms with van der Waals surface area (Å²) in [5.74, 6) is -0.433. The van der Waals surface area contributed by atoms with Gasteiger partial charge in [0.05, 0.1) is 33.8 Å². The van der Waals surface area contributed by atoms with E-state index in [9.17, 15) is 22.8 Å². The van der Waals surface area contributed by atoms with E-state index >= 15 is 0 Å². The molecule has 4 N–H and O–H groups in total. The van der Waals surface area contributed by atoms with Crippen molar-refractivity contribution in [2.45, 2.75) is 43.6 Å². The number of carbonyl (C=O) groups is 3. The maximum atomic E-state index is 13.6. The second-order valence-electron chi connectivity index (χ2n) is 11.3. The molecule has 0 fully saturated rings. The molecule has 0 atom stereocenters. The monoisotopic (exact) mass is 721 g/mol. The first kappa shape index (κ1) is 37.7. The Morgan fingerprint density at radius 1 is 0.780 bits per heavy atom. The number of sulfone groups is 1. The van der Waals surface area contributed by atoms with E-state index in [1.54, 1.807) is 24.3 Å². The molecule has 1 aromatic heterocycles. The number of hydrogen-bond donors (Lipinski definition) is 4. The number of alkyl carbamates (subject to hydrolysis) is 1. The SMILES string of the molecule is COc1ccc(NC(=O)c2ccc(S(C)(=O)=O)cc2NCCCCCCCNC(=O)OCc2ccccc2)c(C(=O)Nc2ccc(Cl)cn2)c1. The fraction of sp³-hybridized carbons (Fsp3) is 0.278. The van der Waals surface area contributed by atoms with Crippen LogP contribution >= 0.6 is 11.6 Å². The number of nitrogens with one attached hydrogen (secondary N) is 4. The van der Waals surface area contributed by atoms with Crippen LogP contribution in [-0.2, 0) is 21.2 Å². The van der Waals surface area contributed by atoms with Gasteiger partial charge in [-0.25, -0.2) is 18.2 Å². The summed E-state index contributed by atoms with van der Waals surface area (Å²) in [6, 6.07) is 21.5. The van der Waals surface area contributed by atoms with Crippen LogP contribution in [0.25, 0.3) is 0 Å². The van der Waals surface area contributed by atoms with Crippen molar-refractivity contribution in [3.8, 4) is 5.75 Å². The Bertz CT molecular complexity index is 1870. The Morgan fingerprint density at radius 3 is 2.20 bits per heavy atom. The van der Waals surface area contributed by atoms with E-state index in [1.807, 2.05) is 30.3 Å². The van der Waals surface area contributed by atoms with E-state index in [0.717, 1.165) is 43.9 Å². The van der Waals surface area contributed by atoms with Crippen LogP contribution in [0.4, 0.5) is 22.0 Å². The Labute approximate surface area is 296 Å². The quantitative estimate of drug-likeness (QED) is 0.0846. The van der Waals surface area contributed by atoms with Crippen molar-refractivity contribution in [2.24, 2.45) is 0 Å². The topological polar surface area (TPSA) is 165 Å². The highest BCUT2D eigenvalue weighted by Crippen LogP contribution is 2.27. The summed E-state index contributed by atoms with van der Waals surface area (Å²) in [7, 11) is -2.09. The molecule has 0 spiro atoms. The molecule has 0 aliphatic rings. The fourth-order valence-corrected chi connectivity index (χ4v) is 5.60. The van der Waals surface area contributed by atoms with Crippen molar-refractivity contribution in [3.05, 3.63) is 107 Å². The van der Waals surface area contributed by atoms with Crippen LogP contribution in [0.15, 0.2) is 90.0 Å². The van der Waals surface area contributed by atoms with Gasteiger partial charge in [0, 0.05) is 31.2 Å². The summed E-state index contributed by atoms with van der Waals surface area (Å²) in [5, 5.41) is 11.8. The summed E-state index contributed by atoms with van der Waals surface area (Å²) in [4.78, 5) is 42.9. The molecular formula is C36H40ClN5O7S. The van der Waals surface area contributed by atoms with Crippen LogP contribution in [0.5, 0.6) is 5.75 Å². The number of amides is 3. The van der Waals surface area contributed by atoms with Crippen molar-refractivity contribution < 1.29 is 32.3 Å². The van der Waals surface area contributed by atoms with Gasteiger partial charge in [-0.3, -0.25) is 9.59 Å². The number of halogens is 1. The molecule has 1 heterocycles. The van der Waals surface area contributed by atoms with E-state index in [0.29, 0.717) is 29.5 Å². The van der Waals surface area contributed by atoms with Gasteiger partial charge >= 0.3 is 6.09 Å². The summed E-state index contributed by atoms with van der Waals surface area (Å²) in [6.07, 6.45) is 6.32. The molecule has 264 valence electrons. The van der Waals surface area contributed by atoms with Gasteiger partial charge in [-0.15, -0.1) is 0 Å². The summed E-state index contributed by atoms with van der Waals surface area (Å²) >= 11 is 5.90. The largest absolute Gasteiger partial charge is 0.497 e. The minimum Gasteiger partial charge on any atom is -0.497 e. The molecular weight excluding hydrogens is 682 g/mol. The average molecular weight is 722 g/mol. The number of rotatable bonds is 17. The zero-order valence-electron chi connectivity index (χ0n) is 27.8. The maximum absolute atomic E-state index is 13.6. The molecule has 3 aromatic carbocycles. The van der Waals surface area contributed by atoms with Crippen molar-refractivity contribution in [1.82, 2.24) is 10.3 Å². The zero-order valence-corrected chi connectivity index (χ0v) is 29.4. The highest BCUT2D eigenvalue weighted by atomic mass is 35.5. The van der Waals surface area contributed by atoms with Crippen molar-refractivity contribution in [2.75, 3.05) is 42.4 Å². The summed E-state index contributed by atoms with van der Waals surface area (Å²) < 4.78 is 35.1. The smallest absolute Gasteiger partial charge is 0.407 e. The van der Waals surface area contributed by atoms with Crippen LogP contribution in [0.2, 0.25) is 5.02 Å². The second-order valence-corrected chi connectivity index (χ2v) is 13.8. The minimum absolute atomic E-state index is 0.0614. The lowest BCUT2D eigenvalue weighted by Gasteiger charge is -2.16. The van der Waals surface area contributed by atoms with Crippen LogP contribution in [-0.4, -0.2) is 57.8 Å². The zero-order chi connectivity index (χ0) is 35.9. The van der Waals surface area contributed by atoms with E-state index < -0.39 is 27.7 Å². The molecule has 0 radical (unpaired) electrons. The van der Waals surface area contributed by atoms with Gasteiger partial charge in [-0.1, -0.05) is 61.2 Å². The van der Waals surface area contributed by atoms with Gasteiger partial charge in [-0.2, -0.15) is 0 Å². The van der Waals surface area contributed by atoms with Crippen LogP contribution in [0, 0.1) is 0 Å². The van der Waals surface area contributed by atoms with Crippen LogP contribution in [0.3, 0.4) is 0 Å². The molecule has 0 aliphatic heterocycles. The third-order valence-electron chi connectivity index (χ3n) is 7.50. The van der Waals surface area contributed by atoms with Gasteiger partial charge in [-0.05, 0) is 66.9 Å². The van der Waals surface area contributed by atoms with Crippen LogP contribution < -0.4 is 26.0 Å². The number of carbonyl (C=O) groups excluding carboxylic acids is 3. The number of pyridine rings is 1. The number of aromatic nitrogens is 1. The number of ether oxygens (including phenoxy) is 2. The van der Waals surface area contributed by atoms with Gasteiger partial charge in [0.1, 0.15) is 18.2 Å². The molecule has 50 heavy (non-hydrogen) atoms. The first-order valence-corrected chi connectivity index (χ1v) is 18.3. The van der Waals surface area contributed by atoms with E-state index in [2.05, 4.69) is 26.3 Å². The van der Waals surface area contributed by atoms with E-state index in [-0.39, 0.29) is 34.1 Å². The van der Waals surface area contributed by atoms with Gasteiger partial charge < -0.3 is 30.7 Å². The van der Waals surface area contributed by atoms with Gasteiger partial charge in [0.2, 0.25) is 0 Å². The fourth-order valence-electron chi connectivity index (χ4n) is 4.84. The van der Waals surface area contributed by atoms with Crippen molar-refractivity contribution >= 4 is 56.5 Å². The number of nitrogens with zero attached hydrogens (tertiary/aromatic N) is 1. The normalized spacial score (nSPS) is 10.9. The van der Waals surface area contributed by atoms with E-state index in [1.165, 1.54) is 37.6 Å². The lowest BCUT2D eigenvalue weighted by Crippen LogP contribution is -2.25. The third kappa shape index (κ3) is 11.8. The van der Waals surface area contributed by atoms with Crippen molar-refractivity contribution in [1.29, 1.82) is 0 Å². The number of methoxy groups -OCH3 is 1. The molecule has 0 bridgehead atoms. The number of anilines is 3. The van der Waals surface area contributed by atoms with Gasteiger partial charge in [0.15, 0.2) is 9.84 Å². The predicted octanol–water partition coefficient (Wildman–Crippen LogP) is 6.94. The molecule has 0 saturated heterocycles. The molecule has 0 unspecified atom stereocenters. The number of benzene rings is 3. The maximum Gasteiger partial charge on any atom is 0.407 e. The average Bonchev–Trinajstić information content (AvgIpc) is 3.11. The summed E-state index contributed by atoms with van der Waals surface area (Å²) in [5.41, 5.74) is 1.79. The molecule has 4 aromatic rings. The lowest BCUT2D eigenvalue weighted by atomic mass is 10.1.